The standard InChI is InChI=1S/C61H65N7O11/c1-36(2)58(65-55(70)11-8-7-9-22-66-56(71)20-21-57(66)72)51(69)26-38(4)59(73)64-43-16-12-39(13-17-43)41-27-45-33-63-50-31-54(53(77-6)29-48(50)61(75)68(45)34-41)79-24-10-23-78-52-30-49-47(25-37(52)3)60(74)67-35-42(28-44(67)32-62-49)40-14-18-46(76-5)19-15-40/h12-21,25,29-36,38,44-45,58H,7-11,22-24,26-28H2,1-6H3,(H,64,73)(H,65,70)/t38-,44+,45+,58+/m1/s1. The summed E-state index contributed by atoms with van der Waals surface area (Å²) in [5.41, 5.74) is 7.11. The number of carbonyl (C=O) groups excluding carboxylic acids is 7. The molecule has 0 saturated heterocycles. The Morgan fingerprint density at radius 2 is 1.24 bits per heavy atom. The first kappa shape index (κ1) is 55.1. The van der Waals surface area contributed by atoms with Crippen LogP contribution in [-0.2, 0) is 24.0 Å². The van der Waals surface area contributed by atoms with E-state index in [0.29, 0.717) is 97.1 Å². The molecular weight excluding hydrogens is 1010 g/mol. The summed E-state index contributed by atoms with van der Waals surface area (Å²) in [5, 5.41) is 5.75. The van der Waals surface area contributed by atoms with Crippen molar-refractivity contribution in [3.8, 4) is 23.0 Å². The lowest BCUT2D eigenvalue weighted by molar-refractivity contribution is -0.137. The van der Waals surface area contributed by atoms with Crippen LogP contribution in [0.2, 0.25) is 0 Å². The Morgan fingerprint density at radius 1 is 0.671 bits per heavy atom. The number of amides is 6. The molecule has 6 amide bonds. The number of hydrogen-bond acceptors (Lipinski definition) is 13. The number of carbonyl (C=O) groups is 7. The maximum absolute atomic E-state index is 14.1. The number of hydrogen-bond donors (Lipinski definition) is 2. The first-order valence-corrected chi connectivity index (χ1v) is 26.8. The van der Waals surface area contributed by atoms with Gasteiger partial charge in [0.05, 0.1) is 68.1 Å². The van der Waals surface area contributed by atoms with Gasteiger partial charge >= 0.3 is 0 Å². The summed E-state index contributed by atoms with van der Waals surface area (Å²) in [6, 6.07) is 20.8. The minimum Gasteiger partial charge on any atom is -0.497 e. The van der Waals surface area contributed by atoms with Gasteiger partial charge in [0, 0.05) is 99.4 Å². The molecule has 0 radical (unpaired) electrons. The SMILES string of the molecule is COc1ccc(C2=CN3C(=O)c4cc(C)c(OCCCOc5cc6c(cc5OC)C(=O)N5C=C(c7ccc(NC(=O)[C@H](C)CC(=O)[C@@H](NC(=O)CCCCCN8C(=O)C=CC8=O)C(C)C)cc7)C[C@H]5C=N6)cc4N=C[C@@H]3C2)cc1. The molecule has 0 fully saturated rings. The van der Waals surface area contributed by atoms with E-state index in [-0.39, 0.29) is 78.7 Å². The lowest BCUT2D eigenvalue weighted by Gasteiger charge is -2.23. The molecule has 0 bridgehead atoms. The number of Topliss-reactive ketones (excluding diaryl/α,β-unsaturated/α-hetero) is 1. The molecule has 0 spiro atoms. The maximum atomic E-state index is 14.1. The van der Waals surface area contributed by atoms with Crippen molar-refractivity contribution in [2.45, 2.75) is 97.2 Å². The van der Waals surface area contributed by atoms with Gasteiger partial charge in [0.25, 0.3) is 23.6 Å². The number of nitrogens with zero attached hydrogens (tertiary/aromatic N) is 5. The molecule has 4 aromatic rings. The van der Waals surface area contributed by atoms with Gasteiger partial charge in [0.15, 0.2) is 17.3 Å². The van der Waals surface area contributed by atoms with E-state index in [1.807, 2.05) is 87.9 Å². The molecule has 0 unspecified atom stereocenters. The Morgan fingerprint density at radius 3 is 1.82 bits per heavy atom. The summed E-state index contributed by atoms with van der Waals surface area (Å²) in [7, 11) is 3.15. The molecule has 0 aromatic heterocycles. The van der Waals surface area contributed by atoms with E-state index in [1.165, 1.54) is 24.2 Å². The number of ketones is 1. The highest BCUT2D eigenvalue weighted by Gasteiger charge is 2.36. The first-order valence-electron chi connectivity index (χ1n) is 26.8. The fourth-order valence-electron chi connectivity index (χ4n) is 10.2. The van der Waals surface area contributed by atoms with Gasteiger partial charge in [0.2, 0.25) is 11.8 Å². The van der Waals surface area contributed by atoms with Gasteiger partial charge in [-0.25, -0.2) is 0 Å². The van der Waals surface area contributed by atoms with Crippen LogP contribution >= 0.6 is 0 Å². The Balaban J connectivity index is 0.733. The van der Waals surface area contributed by atoms with Crippen molar-refractivity contribution in [3.63, 3.8) is 0 Å². The van der Waals surface area contributed by atoms with Crippen molar-refractivity contribution < 1.29 is 52.5 Å². The summed E-state index contributed by atoms with van der Waals surface area (Å²) in [6.07, 6.45) is 13.4. The maximum Gasteiger partial charge on any atom is 0.260 e. The van der Waals surface area contributed by atoms with Gasteiger partial charge in [-0.2, -0.15) is 0 Å². The molecule has 5 heterocycles. The van der Waals surface area contributed by atoms with Gasteiger partial charge in [-0.1, -0.05) is 51.5 Å². The Bertz CT molecular complexity index is 3200. The predicted molar refractivity (Wildman–Crippen MR) is 299 cm³/mol. The fourth-order valence-corrected chi connectivity index (χ4v) is 10.2. The second kappa shape index (κ2) is 24.3. The Labute approximate surface area is 459 Å². The number of methoxy groups -OCH3 is 2. The van der Waals surface area contributed by atoms with Crippen LogP contribution in [0.5, 0.6) is 23.0 Å². The van der Waals surface area contributed by atoms with Crippen LogP contribution in [0, 0.1) is 18.8 Å². The Hall–Kier alpha value is -8.67. The van der Waals surface area contributed by atoms with E-state index in [0.717, 1.165) is 33.6 Å². The number of fused-ring (bicyclic) bond motifs is 4. The van der Waals surface area contributed by atoms with E-state index < -0.39 is 12.0 Å². The lowest BCUT2D eigenvalue weighted by Crippen LogP contribution is -2.45. The number of anilines is 1. The van der Waals surface area contributed by atoms with Crippen LogP contribution in [0.4, 0.5) is 17.1 Å². The van der Waals surface area contributed by atoms with Crippen LogP contribution in [0.15, 0.2) is 107 Å². The first-order chi connectivity index (χ1) is 38.1. The van der Waals surface area contributed by atoms with E-state index >= 15 is 0 Å². The zero-order valence-corrected chi connectivity index (χ0v) is 45.3. The molecule has 9 rings (SSSR count). The van der Waals surface area contributed by atoms with Crippen LogP contribution in [0.3, 0.4) is 0 Å². The largest absolute Gasteiger partial charge is 0.497 e. The highest BCUT2D eigenvalue weighted by atomic mass is 16.5. The normalized spacial score (nSPS) is 17.8. The number of aliphatic imine (C=N–C) groups is 2. The number of benzene rings is 4. The monoisotopic (exact) mass is 1070 g/mol. The lowest BCUT2D eigenvalue weighted by atomic mass is 9.92. The molecule has 18 nitrogen and oxygen atoms in total. The molecule has 410 valence electrons. The number of nitrogens with one attached hydrogen (secondary N) is 2. The third kappa shape index (κ3) is 12.5. The van der Waals surface area contributed by atoms with Crippen LogP contribution in [0.1, 0.15) is 110 Å². The van der Waals surface area contributed by atoms with Gasteiger partial charge in [-0.05, 0) is 89.9 Å². The molecule has 79 heavy (non-hydrogen) atoms. The van der Waals surface area contributed by atoms with Crippen molar-refractivity contribution in [2.75, 3.05) is 39.3 Å². The molecule has 4 atom stereocenters. The highest BCUT2D eigenvalue weighted by Crippen LogP contribution is 2.41. The molecule has 2 N–H and O–H groups in total. The van der Waals surface area contributed by atoms with Crippen molar-refractivity contribution in [3.05, 3.63) is 125 Å². The number of unbranched alkanes of at least 4 members (excludes halogenated alkanes) is 2. The summed E-state index contributed by atoms with van der Waals surface area (Å²) < 4.78 is 23.4. The van der Waals surface area contributed by atoms with E-state index in [2.05, 4.69) is 10.6 Å². The number of ether oxygens (including phenoxy) is 4. The molecule has 5 aliphatic heterocycles. The van der Waals surface area contributed by atoms with E-state index in [4.69, 9.17) is 28.9 Å². The second-order valence-electron chi connectivity index (χ2n) is 20.7. The Kier molecular flexibility index (Phi) is 17.0. The molecule has 4 aromatic carbocycles. The highest BCUT2D eigenvalue weighted by molar-refractivity contribution is 6.13. The molecule has 18 heteroatoms. The average Bonchev–Trinajstić information content (AvgIpc) is 4.17. The van der Waals surface area contributed by atoms with E-state index in [9.17, 15) is 33.6 Å². The minimum atomic E-state index is -0.756. The molecular formula is C61H65N7O11. The average molecular weight is 1070 g/mol. The summed E-state index contributed by atoms with van der Waals surface area (Å²) in [5.74, 6) is -0.508. The van der Waals surface area contributed by atoms with Gasteiger partial charge in [-0.3, -0.25) is 48.4 Å². The topological polar surface area (TPSA) is 215 Å². The van der Waals surface area contributed by atoms with Crippen molar-refractivity contribution in [1.82, 2.24) is 20.0 Å². The van der Waals surface area contributed by atoms with Gasteiger partial charge in [0.1, 0.15) is 11.5 Å². The molecule has 0 saturated carbocycles. The predicted octanol–water partition coefficient (Wildman–Crippen LogP) is 8.96. The second-order valence-corrected chi connectivity index (χ2v) is 20.7. The van der Waals surface area contributed by atoms with Crippen LogP contribution in [-0.4, -0.2) is 120 Å². The third-order valence-corrected chi connectivity index (χ3v) is 14.7. The van der Waals surface area contributed by atoms with Crippen molar-refractivity contribution >= 4 is 81.9 Å². The van der Waals surface area contributed by atoms with Gasteiger partial charge < -0.3 is 39.4 Å². The van der Waals surface area contributed by atoms with Crippen LogP contribution < -0.4 is 29.6 Å². The minimum absolute atomic E-state index is 0.0648. The zero-order chi connectivity index (χ0) is 55.9. The van der Waals surface area contributed by atoms with E-state index in [1.54, 1.807) is 54.3 Å². The van der Waals surface area contributed by atoms with Gasteiger partial charge in [-0.15, -0.1) is 0 Å². The number of rotatable bonds is 23. The molecule has 5 aliphatic rings. The quantitative estimate of drug-likeness (QED) is 0.0528. The number of imide groups is 1. The van der Waals surface area contributed by atoms with Crippen molar-refractivity contribution in [2.24, 2.45) is 21.8 Å². The van der Waals surface area contributed by atoms with Crippen LogP contribution in [0.25, 0.3) is 11.1 Å². The summed E-state index contributed by atoms with van der Waals surface area (Å²) in [6.45, 7) is 8.17. The van der Waals surface area contributed by atoms with Crippen molar-refractivity contribution in [1.29, 1.82) is 0 Å². The summed E-state index contributed by atoms with van der Waals surface area (Å²) >= 11 is 0. The number of aryl methyl sites for hydroxylation is 1. The zero-order valence-electron chi connectivity index (χ0n) is 45.3. The smallest absolute Gasteiger partial charge is 0.260 e. The molecule has 0 aliphatic carbocycles. The summed E-state index contributed by atoms with van der Waals surface area (Å²) in [4.78, 5) is 105. The fraction of sp³-hybridized carbons (Fsp3) is 0.361. The third-order valence-electron chi connectivity index (χ3n) is 14.7.